The van der Waals surface area contributed by atoms with Gasteiger partial charge in [0.2, 0.25) is 0 Å². The standard InChI is InChI=1S/C29H34O2S2/c1-7-16-32-20(2)33-19-24-18-26-25(28(3,4)14-15-29(26,5)6)17-23(24)13-10-21-8-11-22(12-9-21)27(30)31/h7-13,16-18H,2,14-15,19H2,1,3-6H3,(H,30,31)/b13-10+,16-7-. The van der Waals surface area contributed by atoms with Gasteiger partial charge in [0, 0.05) is 9.99 Å². The maximum absolute atomic E-state index is 11.1. The van der Waals surface area contributed by atoms with E-state index in [-0.39, 0.29) is 10.8 Å². The molecule has 1 aliphatic carbocycles. The summed E-state index contributed by atoms with van der Waals surface area (Å²) >= 11 is 3.44. The first-order valence-corrected chi connectivity index (χ1v) is 13.2. The third-order valence-electron chi connectivity index (χ3n) is 6.45. The van der Waals surface area contributed by atoms with Crippen LogP contribution in [0.3, 0.4) is 0 Å². The number of allylic oxidation sites excluding steroid dienone is 1. The lowest BCUT2D eigenvalue weighted by Crippen LogP contribution is -2.34. The van der Waals surface area contributed by atoms with Crippen molar-refractivity contribution < 1.29 is 9.90 Å². The molecular weight excluding hydrogens is 444 g/mol. The van der Waals surface area contributed by atoms with Crippen molar-refractivity contribution in [2.45, 2.75) is 64.0 Å². The molecule has 0 saturated heterocycles. The Morgan fingerprint density at radius 3 is 2.21 bits per heavy atom. The van der Waals surface area contributed by atoms with E-state index in [2.05, 4.69) is 64.0 Å². The lowest BCUT2D eigenvalue weighted by Gasteiger charge is -2.42. The molecule has 1 aliphatic rings. The number of carboxylic acids is 1. The van der Waals surface area contributed by atoms with Crippen molar-refractivity contribution in [1.82, 2.24) is 0 Å². The summed E-state index contributed by atoms with van der Waals surface area (Å²) in [6.07, 6.45) is 8.65. The average molecular weight is 479 g/mol. The third-order valence-corrected chi connectivity index (χ3v) is 8.54. The van der Waals surface area contributed by atoms with Crippen LogP contribution in [-0.4, -0.2) is 11.1 Å². The Balaban J connectivity index is 2.00. The monoisotopic (exact) mass is 478 g/mol. The maximum Gasteiger partial charge on any atom is 0.335 e. The fraction of sp³-hybridized carbons (Fsp3) is 0.345. The SMILES string of the molecule is C=C(S/C=C\C)SCc1cc2c(cc1/C=C/c1ccc(C(=O)O)cc1)C(C)(C)CCC2(C)C. The minimum Gasteiger partial charge on any atom is -0.478 e. The third kappa shape index (κ3) is 6.24. The molecule has 2 aromatic carbocycles. The molecule has 0 unspecified atom stereocenters. The van der Waals surface area contributed by atoms with Crippen LogP contribution < -0.4 is 0 Å². The molecular formula is C29H34O2S2. The van der Waals surface area contributed by atoms with Gasteiger partial charge in [-0.2, -0.15) is 0 Å². The molecule has 0 saturated carbocycles. The summed E-state index contributed by atoms with van der Waals surface area (Å²) in [7, 11) is 0. The highest BCUT2D eigenvalue weighted by atomic mass is 32.2. The molecule has 0 radical (unpaired) electrons. The first-order valence-electron chi connectivity index (χ1n) is 11.3. The first-order chi connectivity index (χ1) is 15.5. The summed E-state index contributed by atoms with van der Waals surface area (Å²) < 4.78 is 1.09. The quantitative estimate of drug-likeness (QED) is 0.384. The molecule has 0 spiro atoms. The molecule has 174 valence electrons. The number of hydrogen-bond acceptors (Lipinski definition) is 3. The number of carbonyl (C=O) groups is 1. The van der Waals surface area contributed by atoms with E-state index >= 15 is 0 Å². The lowest BCUT2D eigenvalue weighted by molar-refractivity contribution is 0.0697. The van der Waals surface area contributed by atoms with Crippen LogP contribution in [0.25, 0.3) is 12.2 Å². The van der Waals surface area contributed by atoms with Crippen LogP contribution in [-0.2, 0) is 16.6 Å². The lowest BCUT2D eigenvalue weighted by atomic mass is 9.62. The predicted octanol–water partition coefficient (Wildman–Crippen LogP) is 8.88. The smallest absolute Gasteiger partial charge is 0.335 e. The molecule has 2 aromatic rings. The van der Waals surface area contributed by atoms with Gasteiger partial charge in [0.15, 0.2) is 0 Å². The molecule has 2 nitrogen and oxygen atoms in total. The van der Waals surface area contributed by atoms with Crippen LogP contribution in [0.4, 0.5) is 0 Å². The topological polar surface area (TPSA) is 37.3 Å². The zero-order chi connectivity index (χ0) is 24.2. The molecule has 0 amide bonds. The van der Waals surface area contributed by atoms with Gasteiger partial charge in [-0.05, 0) is 76.0 Å². The summed E-state index contributed by atoms with van der Waals surface area (Å²) in [6, 6.07) is 11.8. The molecule has 0 atom stereocenters. The number of rotatable bonds is 8. The van der Waals surface area contributed by atoms with Gasteiger partial charge in [0.05, 0.1) is 5.56 Å². The normalized spacial score (nSPS) is 16.8. The van der Waals surface area contributed by atoms with Crippen molar-refractivity contribution in [3.05, 3.63) is 92.1 Å². The van der Waals surface area contributed by atoms with Crippen molar-refractivity contribution in [3.8, 4) is 0 Å². The Kier molecular flexibility index (Phi) is 8.02. The van der Waals surface area contributed by atoms with E-state index < -0.39 is 5.97 Å². The van der Waals surface area contributed by atoms with Crippen molar-refractivity contribution in [1.29, 1.82) is 0 Å². The van der Waals surface area contributed by atoms with Crippen LogP contribution in [0.1, 0.15) is 85.6 Å². The molecule has 33 heavy (non-hydrogen) atoms. The van der Waals surface area contributed by atoms with E-state index in [9.17, 15) is 4.79 Å². The molecule has 4 heteroatoms. The van der Waals surface area contributed by atoms with E-state index in [1.165, 1.54) is 35.1 Å². The summed E-state index contributed by atoms with van der Waals surface area (Å²) in [5.74, 6) is -0.0365. The van der Waals surface area contributed by atoms with E-state index in [1.54, 1.807) is 35.7 Å². The van der Waals surface area contributed by atoms with Gasteiger partial charge in [0.25, 0.3) is 0 Å². The number of benzene rings is 2. The van der Waals surface area contributed by atoms with Gasteiger partial charge in [-0.1, -0.05) is 88.5 Å². The molecule has 0 aliphatic heterocycles. The second kappa shape index (κ2) is 10.4. The fourth-order valence-electron chi connectivity index (χ4n) is 4.21. The molecule has 0 aromatic heterocycles. The van der Waals surface area contributed by atoms with Gasteiger partial charge in [-0.15, -0.1) is 11.8 Å². The largest absolute Gasteiger partial charge is 0.478 e. The van der Waals surface area contributed by atoms with Gasteiger partial charge >= 0.3 is 5.97 Å². The number of aromatic carboxylic acids is 1. The van der Waals surface area contributed by atoms with E-state index in [0.717, 1.165) is 15.6 Å². The fourth-order valence-corrected chi connectivity index (χ4v) is 5.68. The minimum atomic E-state index is -0.902. The van der Waals surface area contributed by atoms with E-state index in [0.29, 0.717) is 5.56 Å². The zero-order valence-electron chi connectivity index (χ0n) is 20.3. The number of fused-ring (bicyclic) bond motifs is 1. The zero-order valence-corrected chi connectivity index (χ0v) is 21.9. The summed E-state index contributed by atoms with van der Waals surface area (Å²) in [4.78, 5) is 11.1. The van der Waals surface area contributed by atoms with Crippen LogP contribution in [0.2, 0.25) is 0 Å². The number of carboxylic acid groups (broad SMARTS) is 1. The summed E-state index contributed by atoms with van der Waals surface area (Å²) in [6.45, 7) is 15.6. The predicted molar refractivity (Wildman–Crippen MR) is 147 cm³/mol. The van der Waals surface area contributed by atoms with Crippen molar-refractivity contribution in [3.63, 3.8) is 0 Å². The molecule has 0 bridgehead atoms. The maximum atomic E-state index is 11.1. The highest BCUT2D eigenvalue weighted by Gasteiger charge is 2.37. The van der Waals surface area contributed by atoms with Crippen molar-refractivity contribution >= 4 is 41.6 Å². The van der Waals surface area contributed by atoms with Gasteiger partial charge in [0.1, 0.15) is 0 Å². The van der Waals surface area contributed by atoms with Crippen LogP contribution >= 0.6 is 23.5 Å². The Bertz CT molecular complexity index is 1090. The number of hydrogen-bond donors (Lipinski definition) is 1. The minimum absolute atomic E-state index is 0.146. The number of thioether (sulfide) groups is 2. The molecule has 0 heterocycles. The van der Waals surface area contributed by atoms with Crippen LogP contribution in [0.5, 0.6) is 0 Å². The second-order valence-electron chi connectivity index (χ2n) is 9.87. The average Bonchev–Trinajstić information content (AvgIpc) is 2.78. The summed E-state index contributed by atoms with van der Waals surface area (Å²) in [5.41, 5.74) is 7.04. The Hall–Kier alpha value is -2.17. The molecule has 3 rings (SSSR count). The molecule has 0 fully saturated rings. The second-order valence-corrected chi connectivity index (χ2v) is 12.2. The summed E-state index contributed by atoms with van der Waals surface area (Å²) in [5, 5.41) is 11.2. The highest BCUT2D eigenvalue weighted by Crippen LogP contribution is 2.47. The van der Waals surface area contributed by atoms with Gasteiger partial charge in [-0.25, -0.2) is 4.79 Å². The van der Waals surface area contributed by atoms with Gasteiger partial charge in [-0.3, -0.25) is 0 Å². The molecule has 1 N–H and O–H groups in total. The van der Waals surface area contributed by atoms with Crippen molar-refractivity contribution in [2.24, 2.45) is 0 Å². The van der Waals surface area contributed by atoms with E-state index in [4.69, 9.17) is 5.11 Å². The van der Waals surface area contributed by atoms with Crippen LogP contribution in [0.15, 0.2) is 58.7 Å². The van der Waals surface area contributed by atoms with Crippen LogP contribution in [0, 0.1) is 0 Å². The van der Waals surface area contributed by atoms with Crippen molar-refractivity contribution in [2.75, 3.05) is 0 Å². The Morgan fingerprint density at radius 1 is 1.03 bits per heavy atom. The Labute approximate surface area is 207 Å². The Morgan fingerprint density at radius 2 is 1.64 bits per heavy atom. The first kappa shape index (κ1) is 25.5. The van der Waals surface area contributed by atoms with Gasteiger partial charge < -0.3 is 5.11 Å². The highest BCUT2D eigenvalue weighted by molar-refractivity contribution is 8.23. The van der Waals surface area contributed by atoms with E-state index in [1.807, 2.05) is 25.1 Å².